The molecule has 4 aromatic rings. The van der Waals surface area contributed by atoms with Gasteiger partial charge < -0.3 is 10.3 Å². The van der Waals surface area contributed by atoms with Gasteiger partial charge in [-0.1, -0.05) is 72.3 Å². The van der Waals surface area contributed by atoms with E-state index >= 15 is 4.39 Å². The lowest BCUT2D eigenvalue weighted by Gasteiger charge is -2.24. The monoisotopic (exact) mass is 460 g/mol. The Morgan fingerprint density at radius 3 is 2.30 bits per heavy atom. The molecule has 0 fully saturated rings. The molecule has 0 atom stereocenters. The number of nitrogens with zero attached hydrogens (tertiary/aromatic N) is 1. The van der Waals surface area contributed by atoms with E-state index in [1.54, 1.807) is 32.1 Å². The predicted molar refractivity (Wildman–Crippen MR) is 135 cm³/mol. The highest BCUT2D eigenvalue weighted by atomic mass is 35.5. The Balaban J connectivity index is 1.98. The number of fused-ring (bicyclic) bond motifs is 1. The van der Waals surface area contributed by atoms with E-state index < -0.39 is 11.3 Å². The highest BCUT2D eigenvalue weighted by Crippen LogP contribution is 2.41. The fourth-order valence-electron chi connectivity index (χ4n) is 4.03. The second-order valence-corrected chi connectivity index (χ2v) is 9.26. The summed E-state index contributed by atoms with van der Waals surface area (Å²) in [6.07, 6.45) is 2.06. The number of aromatic nitrogens is 1. The third kappa shape index (κ3) is 4.71. The van der Waals surface area contributed by atoms with E-state index in [4.69, 9.17) is 17.3 Å². The van der Waals surface area contributed by atoms with E-state index in [0.29, 0.717) is 34.6 Å². The van der Waals surface area contributed by atoms with Crippen LogP contribution in [0.1, 0.15) is 25.0 Å². The summed E-state index contributed by atoms with van der Waals surface area (Å²) >= 11 is 6.33. The van der Waals surface area contributed by atoms with Crippen molar-refractivity contribution in [2.24, 2.45) is 11.1 Å². The first kappa shape index (κ1) is 22.8. The van der Waals surface area contributed by atoms with Crippen LogP contribution in [-0.4, -0.2) is 10.5 Å². The molecule has 168 valence electrons. The Kier molecular flexibility index (Phi) is 6.39. The first-order chi connectivity index (χ1) is 15.8. The second-order valence-electron chi connectivity index (χ2n) is 8.83. The van der Waals surface area contributed by atoms with Crippen LogP contribution in [0.3, 0.4) is 0 Å². The maximum absolute atomic E-state index is 15.9. The highest BCUT2D eigenvalue weighted by molar-refractivity contribution is 6.31. The van der Waals surface area contributed by atoms with Crippen LogP contribution < -0.4 is 5.73 Å². The molecule has 3 aromatic carbocycles. The van der Waals surface area contributed by atoms with E-state index in [9.17, 15) is 4.79 Å². The number of rotatable bonds is 7. The third-order valence-corrected chi connectivity index (χ3v) is 6.13. The zero-order chi connectivity index (χ0) is 23.6. The van der Waals surface area contributed by atoms with Crippen molar-refractivity contribution in [2.45, 2.75) is 26.8 Å². The summed E-state index contributed by atoms with van der Waals surface area (Å²) in [6.45, 7) is 3.90. The first-order valence-electron chi connectivity index (χ1n) is 10.8. The van der Waals surface area contributed by atoms with Crippen LogP contribution in [0.4, 0.5) is 4.39 Å². The van der Waals surface area contributed by atoms with Gasteiger partial charge in [0, 0.05) is 28.0 Å². The number of allylic oxidation sites excluding steroid dienone is 1. The molecule has 0 saturated heterocycles. The van der Waals surface area contributed by atoms with Crippen LogP contribution in [0.5, 0.6) is 0 Å². The van der Waals surface area contributed by atoms with Crippen molar-refractivity contribution in [3.05, 3.63) is 101 Å². The average molecular weight is 461 g/mol. The number of hydrogen-bond donors (Lipinski definition) is 1. The number of primary amides is 1. The van der Waals surface area contributed by atoms with Crippen molar-refractivity contribution in [1.82, 2.24) is 4.57 Å². The molecule has 5 heteroatoms. The molecule has 0 bridgehead atoms. The molecule has 4 rings (SSSR count). The lowest BCUT2D eigenvalue weighted by molar-refractivity contribution is -0.126. The van der Waals surface area contributed by atoms with E-state index in [0.717, 1.165) is 16.6 Å². The van der Waals surface area contributed by atoms with Crippen LogP contribution in [0.15, 0.2) is 84.9 Å². The fourth-order valence-corrected chi connectivity index (χ4v) is 4.20. The van der Waals surface area contributed by atoms with Crippen LogP contribution in [-0.2, 0) is 17.8 Å². The number of nitrogens with two attached hydrogens (primary N) is 1. The molecule has 1 heterocycles. The molecule has 1 aromatic heterocycles. The minimum absolute atomic E-state index is 0.302. The van der Waals surface area contributed by atoms with Crippen molar-refractivity contribution in [1.29, 1.82) is 0 Å². The van der Waals surface area contributed by atoms with Gasteiger partial charge in [-0.15, -0.1) is 0 Å². The molecule has 0 aliphatic heterocycles. The van der Waals surface area contributed by atoms with Gasteiger partial charge in [-0.2, -0.15) is 0 Å². The van der Waals surface area contributed by atoms with Crippen molar-refractivity contribution >= 4 is 34.2 Å². The lowest BCUT2D eigenvalue weighted by atomic mass is 9.92. The molecule has 33 heavy (non-hydrogen) atoms. The minimum Gasteiger partial charge on any atom is -0.369 e. The quantitative estimate of drug-likeness (QED) is 0.316. The number of carbonyl (C=O) groups excluding carboxylic acids is 1. The Morgan fingerprint density at radius 2 is 1.67 bits per heavy atom. The van der Waals surface area contributed by atoms with Gasteiger partial charge in [0.05, 0.1) is 11.1 Å². The molecule has 0 aliphatic carbocycles. The topological polar surface area (TPSA) is 48.0 Å². The van der Waals surface area contributed by atoms with Crippen molar-refractivity contribution < 1.29 is 9.18 Å². The molecule has 0 saturated carbocycles. The number of benzene rings is 3. The maximum atomic E-state index is 15.9. The van der Waals surface area contributed by atoms with E-state index in [1.165, 1.54) is 0 Å². The molecule has 0 aliphatic rings. The van der Waals surface area contributed by atoms with Crippen LogP contribution in [0.2, 0.25) is 5.02 Å². The SMILES string of the molecule is CC(C)(Cn1c(-c2ccccc2)c(/C(F)=C/Cc2ccccc2)c2cc(Cl)ccc21)C(N)=O. The highest BCUT2D eigenvalue weighted by Gasteiger charge is 2.30. The van der Waals surface area contributed by atoms with Crippen LogP contribution in [0, 0.1) is 5.41 Å². The maximum Gasteiger partial charge on any atom is 0.224 e. The van der Waals surface area contributed by atoms with Gasteiger partial charge in [0.15, 0.2) is 0 Å². The largest absolute Gasteiger partial charge is 0.369 e. The first-order valence-corrected chi connectivity index (χ1v) is 11.2. The summed E-state index contributed by atoms with van der Waals surface area (Å²) in [5, 5.41) is 1.22. The van der Waals surface area contributed by atoms with Crippen molar-refractivity contribution in [3.8, 4) is 11.3 Å². The van der Waals surface area contributed by atoms with Crippen LogP contribution in [0.25, 0.3) is 28.0 Å². The summed E-state index contributed by atoms with van der Waals surface area (Å²) in [4.78, 5) is 12.2. The molecule has 1 amide bonds. The zero-order valence-electron chi connectivity index (χ0n) is 18.7. The Morgan fingerprint density at radius 1 is 1.03 bits per heavy atom. The minimum atomic E-state index is -0.837. The Labute approximate surface area is 198 Å². The Hall–Kier alpha value is -3.37. The van der Waals surface area contributed by atoms with Gasteiger partial charge >= 0.3 is 0 Å². The number of halogens is 2. The molecular formula is C28H26ClFN2O. The standard InChI is InChI=1S/C28H26ClFN2O/c1-28(2,27(31)33)18-32-24-16-14-21(29)17-22(24)25(26(32)20-11-7-4-8-12-20)23(30)15-13-19-9-5-3-6-10-19/h3-12,14-17H,13,18H2,1-2H3,(H2,31,33)/b23-15-. The smallest absolute Gasteiger partial charge is 0.224 e. The Bertz CT molecular complexity index is 1320. The second kappa shape index (κ2) is 9.24. The molecular weight excluding hydrogens is 435 g/mol. The van der Waals surface area contributed by atoms with E-state index in [1.807, 2.05) is 71.3 Å². The predicted octanol–water partition coefficient (Wildman–Crippen LogP) is 7.03. The lowest BCUT2D eigenvalue weighted by Crippen LogP contribution is -2.35. The molecule has 3 nitrogen and oxygen atoms in total. The normalized spacial score (nSPS) is 12.3. The number of carbonyl (C=O) groups is 1. The molecule has 0 unspecified atom stereocenters. The summed E-state index contributed by atoms with van der Waals surface area (Å²) < 4.78 is 17.9. The van der Waals surface area contributed by atoms with Gasteiger partial charge in [0.25, 0.3) is 0 Å². The summed E-state index contributed by atoms with van der Waals surface area (Å²) in [5.74, 6) is -0.750. The zero-order valence-corrected chi connectivity index (χ0v) is 19.4. The average Bonchev–Trinajstić information content (AvgIpc) is 3.11. The molecule has 0 spiro atoms. The van der Waals surface area contributed by atoms with Gasteiger partial charge in [0.2, 0.25) is 5.91 Å². The van der Waals surface area contributed by atoms with E-state index in [2.05, 4.69) is 0 Å². The van der Waals surface area contributed by atoms with Crippen molar-refractivity contribution in [3.63, 3.8) is 0 Å². The fraction of sp³-hybridized carbons (Fsp3) is 0.179. The number of hydrogen-bond acceptors (Lipinski definition) is 1. The molecule has 0 radical (unpaired) electrons. The summed E-state index contributed by atoms with van der Waals surface area (Å²) in [5.41, 5.74) is 8.69. The van der Waals surface area contributed by atoms with Crippen LogP contribution >= 0.6 is 11.6 Å². The van der Waals surface area contributed by atoms with Gasteiger partial charge in [-0.25, -0.2) is 4.39 Å². The van der Waals surface area contributed by atoms with E-state index in [-0.39, 0.29) is 5.83 Å². The number of amides is 1. The van der Waals surface area contributed by atoms with Gasteiger partial charge in [-0.05, 0) is 55.7 Å². The van der Waals surface area contributed by atoms with Gasteiger partial charge in [-0.3, -0.25) is 4.79 Å². The van der Waals surface area contributed by atoms with Gasteiger partial charge in [0.1, 0.15) is 5.83 Å². The third-order valence-electron chi connectivity index (χ3n) is 5.89. The summed E-state index contributed by atoms with van der Waals surface area (Å²) in [6, 6.07) is 24.8. The molecule has 2 N–H and O–H groups in total. The summed E-state index contributed by atoms with van der Waals surface area (Å²) in [7, 11) is 0. The van der Waals surface area contributed by atoms with Crippen molar-refractivity contribution in [2.75, 3.05) is 0 Å².